The van der Waals surface area contributed by atoms with Gasteiger partial charge >= 0.3 is 11.9 Å². The molecule has 1 heterocycles. The first-order valence-corrected chi connectivity index (χ1v) is 11.0. The SMILES string of the molecule is CCC(=O)OCCOC(=O)CCCN(CC)C1CCC(C)(C)N(S)C(C)(C)C1. The van der Waals surface area contributed by atoms with Crippen molar-refractivity contribution in [2.45, 2.75) is 97.2 Å². The minimum atomic E-state index is -0.274. The first-order valence-electron chi connectivity index (χ1n) is 10.6. The Bertz CT molecular complexity index is 511. The van der Waals surface area contributed by atoms with Gasteiger partial charge in [0.1, 0.15) is 13.2 Å². The van der Waals surface area contributed by atoms with Crippen molar-refractivity contribution >= 4 is 24.8 Å². The highest BCUT2D eigenvalue weighted by Gasteiger charge is 2.41. The van der Waals surface area contributed by atoms with Crippen LogP contribution in [0.1, 0.15) is 80.1 Å². The summed E-state index contributed by atoms with van der Waals surface area (Å²) in [6, 6.07) is 0.487. The Labute approximate surface area is 176 Å². The number of thiol groups is 1. The Hall–Kier alpha value is -0.790. The van der Waals surface area contributed by atoms with Crippen LogP contribution in [0.3, 0.4) is 0 Å². The standard InChI is InChI=1S/C21H40N2O4S/c1-7-18(24)26-14-15-27-19(25)10-9-13-22(8-2)17-11-12-20(3,4)23(28)21(5,6)16-17/h17,28H,7-16H2,1-6H3. The van der Waals surface area contributed by atoms with Gasteiger partial charge in [-0.15, -0.1) is 0 Å². The van der Waals surface area contributed by atoms with Crippen molar-refractivity contribution in [3.8, 4) is 0 Å². The molecular weight excluding hydrogens is 376 g/mol. The molecule has 1 atom stereocenters. The Balaban J connectivity index is 2.43. The largest absolute Gasteiger partial charge is 0.462 e. The number of hydrogen-bond acceptors (Lipinski definition) is 7. The fourth-order valence-electron chi connectivity index (χ4n) is 4.03. The van der Waals surface area contributed by atoms with Crippen LogP contribution >= 0.6 is 12.8 Å². The molecule has 6 nitrogen and oxygen atoms in total. The number of hydrogen-bond donors (Lipinski definition) is 1. The zero-order valence-corrected chi connectivity index (χ0v) is 19.5. The van der Waals surface area contributed by atoms with Crippen LogP contribution in [-0.2, 0) is 19.1 Å². The highest BCUT2D eigenvalue weighted by atomic mass is 32.1. The van der Waals surface area contributed by atoms with Crippen LogP contribution in [0.4, 0.5) is 0 Å². The normalized spacial score (nSPS) is 21.9. The second-order valence-electron chi connectivity index (χ2n) is 8.86. The molecule has 0 spiro atoms. The number of nitrogens with zero attached hydrogens (tertiary/aromatic N) is 2. The van der Waals surface area contributed by atoms with Gasteiger partial charge in [-0.05, 0) is 66.5 Å². The topological polar surface area (TPSA) is 59.1 Å². The van der Waals surface area contributed by atoms with Crippen LogP contribution in [0.25, 0.3) is 0 Å². The Morgan fingerprint density at radius 3 is 2.25 bits per heavy atom. The summed E-state index contributed by atoms with van der Waals surface area (Å²) >= 11 is 4.81. The van der Waals surface area contributed by atoms with Gasteiger partial charge in [-0.1, -0.05) is 26.7 Å². The molecule has 1 fully saturated rings. The van der Waals surface area contributed by atoms with Gasteiger partial charge in [-0.25, -0.2) is 4.31 Å². The van der Waals surface area contributed by atoms with E-state index in [0.717, 1.165) is 38.8 Å². The maximum Gasteiger partial charge on any atom is 0.305 e. The molecule has 0 N–H and O–H groups in total. The summed E-state index contributed by atoms with van der Waals surface area (Å²) < 4.78 is 12.3. The molecule has 0 aromatic heterocycles. The van der Waals surface area contributed by atoms with Crippen molar-refractivity contribution in [3.63, 3.8) is 0 Å². The summed E-state index contributed by atoms with van der Waals surface area (Å²) in [5.41, 5.74) is 0.0713. The fraction of sp³-hybridized carbons (Fsp3) is 0.905. The summed E-state index contributed by atoms with van der Waals surface area (Å²) in [7, 11) is 0. The van der Waals surface area contributed by atoms with E-state index in [-0.39, 0.29) is 36.2 Å². The predicted octanol–water partition coefficient (Wildman–Crippen LogP) is 3.84. The summed E-state index contributed by atoms with van der Waals surface area (Å²) in [4.78, 5) is 25.4. The molecule has 1 aliphatic heterocycles. The lowest BCUT2D eigenvalue weighted by atomic mass is 9.93. The highest BCUT2D eigenvalue weighted by molar-refractivity contribution is 7.77. The molecule has 0 bridgehead atoms. The lowest BCUT2D eigenvalue weighted by Crippen LogP contribution is -2.49. The van der Waals surface area contributed by atoms with E-state index in [9.17, 15) is 9.59 Å². The van der Waals surface area contributed by atoms with E-state index in [1.165, 1.54) is 0 Å². The zero-order valence-electron chi connectivity index (χ0n) is 18.6. The highest BCUT2D eigenvalue weighted by Crippen LogP contribution is 2.39. The molecule has 0 aromatic rings. The van der Waals surface area contributed by atoms with E-state index >= 15 is 0 Å². The lowest BCUT2D eigenvalue weighted by Gasteiger charge is -2.43. The molecule has 164 valence electrons. The van der Waals surface area contributed by atoms with E-state index in [1.54, 1.807) is 6.92 Å². The van der Waals surface area contributed by atoms with Gasteiger partial charge < -0.3 is 14.4 Å². The van der Waals surface area contributed by atoms with Crippen LogP contribution in [0, 0.1) is 0 Å². The number of ether oxygens (including phenoxy) is 2. The van der Waals surface area contributed by atoms with E-state index in [1.807, 2.05) is 0 Å². The van der Waals surface area contributed by atoms with Gasteiger partial charge in [-0.2, -0.15) is 0 Å². The van der Waals surface area contributed by atoms with Crippen molar-refractivity contribution in [1.82, 2.24) is 9.21 Å². The molecule has 1 aliphatic rings. The number of rotatable bonds is 10. The van der Waals surface area contributed by atoms with Crippen LogP contribution in [-0.4, -0.2) is 64.6 Å². The van der Waals surface area contributed by atoms with Gasteiger partial charge in [0.25, 0.3) is 0 Å². The third-order valence-electron chi connectivity index (χ3n) is 5.62. The molecule has 28 heavy (non-hydrogen) atoms. The van der Waals surface area contributed by atoms with E-state index in [4.69, 9.17) is 22.3 Å². The predicted molar refractivity (Wildman–Crippen MR) is 115 cm³/mol. The summed E-state index contributed by atoms with van der Waals surface area (Å²) in [6.07, 6.45) is 4.78. The van der Waals surface area contributed by atoms with Gasteiger partial charge in [0.05, 0.1) is 0 Å². The molecule has 0 aromatic carbocycles. The molecular formula is C21H40N2O4S. The van der Waals surface area contributed by atoms with Gasteiger partial charge in [-0.3, -0.25) is 9.59 Å². The van der Waals surface area contributed by atoms with Gasteiger partial charge in [0.2, 0.25) is 0 Å². The van der Waals surface area contributed by atoms with Crippen LogP contribution in [0.5, 0.6) is 0 Å². The van der Waals surface area contributed by atoms with E-state index in [0.29, 0.717) is 18.9 Å². The maximum atomic E-state index is 11.9. The van der Waals surface area contributed by atoms with Crippen LogP contribution in [0.2, 0.25) is 0 Å². The maximum absolute atomic E-state index is 11.9. The number of carbonyl (C=O) groups is 2. The first-order chi connectivity index (χ1) is 13.0. The minimum absolute atomic E-state index is 0.00997. The molecule has 1 rings (SSSR count). The monoisotopic (exact) mass is 416 g/mol. The Morgan fingerprint density at radius 1 is 1.07 bits per heavy atom. The quantitative estimate of drug-likeness (QED) is 0.332. The first kappa shape index (κ1) is 25.2. The van der Waals surface area contributed by atoms with Crippen molar-refractivity contribution in [1.29, 1.82) is 0 Å². The van der Waals surface area contributed by atoms with Crippen molar-refractivity contribution in [2.75, 3.05) is 26.3 Å². The molecule has 0 aliphatic carbocycles. The van der Waals surface area contributed by atoms with Gasteiger partial charge in [0.15, 0.2) is 0 Å². The Morgan fingerprint density at radius 2 is 1.68 bits per heavy atom. The van der Waals surface area contributed by atoms with Crippen molar-refractivity contribution in [2.24, 2.45) is 0 Å². The number of esters is 2. The zero-order chi connectivity index (χ0) is 21.4. The Kier molecular flexibility index (Phi) is 10.3. The minimum Gasteiger partial charge on any atom is -0.462 e. The van der Waals surface area contributed by atoms with Crippen LogP contribution in [0.15, 0.2) is 0 Å². The molecule has 0 radical (unpaired) electrons. The average Bonchev–Trinajstić information content (AvgIpc) is 2.72. The van der Waals surface area contributed by atoms with Gasteiger partial charge in [0, 0.05) is 30.0 Å². The lowest BCUT2D eigenvalue weighted by molar-refractivity contribution is -0.152. The van der Waals surface area contributed by atoms with E-state index in [2.05, 4.69) is 43.8 Å². The third-order valence-corrected chi connectivity index (χ3v) is 6.70. The average molecular weight is 417 g/mol. The van der Waals surface area contributed by atoms with Crippen molar-refractivity contribution < 1.29 is 19.1 Å². The second kappa shape index (κ2) is 11.4. The summed E-state index contributed by atoms with van der Waals surface area (Å²) in [6.45, 7) is 15.1. The second-order valence-corrected chi connectivity index (χ2v) is 9.26. The van der Waals surface area contributed by atoms with Crippen LogP contribution < -0.4 is 0 Å². The molecule has 0 amide bonds. The molecule has 7 heteroatoms. The molecule has 0 saturated carbocycles. The van der Waals surface area contributed by atoms with Crippen molar-refractivity contribution in [3.05, 3.63) is 0 Å². The summed E-state index contributed by atoms with van der Waals surface area (Å²) in [5.74, 6) is -0.503. The fourth-order valence-corrected chi connectivity index (χ4v) is 4.21. The third kappa shape index (κ3) is 7.91. The summed E-state index contributed by atoms with van der Waals surface area (Å²) in [5, 5.41) is 0. The smallest absolute Gasteiger partial charge is 0.305 e. The number of carbonyl (C=O) groups excluding carboxylic acids is 2. The molecule has 1 unspecified atom stereocenters. The van der Waals surface area contributed by atoms with E-state index < -0.39 is 0 Å². The molecule has 1 saturated heterocycles.